The maximum Gasteiger partial charge on any atom is 0.196 e. The Morgan fingerprint density at radius 3 is 2.14 bits per heavy atom. The lowest BCUT2D eigenvalue weighted by atomic mass is 9.95. The summed E-state index contributed by atoms with van der Waals surface area (Å²) < 4.78 is 23.5. The SMILES string of the molecule is Cc1ccc(C(=O)C2=C(c3ccc(S(C)(=O)=O)cc3)CC(CN(C)C)C2=O)cc1. The van der Waals surface area contributed by atoms with Crippen molar-refractivity contribution in [1.29, 1.82) is 0 Å². The largest absolute Gasteiger partial charge is 0.309 e. The highest BCUT2D eigenvalue weighted by atomic mass is 32.2. The van der Waals surface area contributed by atoms with Gasteiger partial charge in [0, 0.05) is 24.3 Å². The average molecular weight is 412 g/mol. The number of ketones is 2. The Bertz CT molecular complexity index is 1080. The fourth-order valence-electron chi connectivity index (χ4n) is 3.65. The van der Waals surface area contributed by atoms with Gasteiger partial charge in [-0.25, -0.2) is 8.42 Å². The number of hydrogen-bond donors (Lipinski definition) is 0. The van der Waals surface area contributed by atoms with Crippen molar-refractivity contribution in [2.45, 2.75) is 18.2 Å². The first-order valence-corrected chi connectivity index (χ1v) is 11.3. The van der Waals surface area contributed by atoms with Crippen molar-refractivity contribution in [3.8, 4) is 0 Å². The van der Waals surface area contributed by atoms with Crippen LogP contribution in [0.4, 0.5) is 0 Å². The third-order valence-corrected chi connectivity index (χ3v) is 6.26. The molecule has 0 bridgehead atoms. The van der Waals surface area contributed by atoms with Crippen molar-refractivity contribution in [3.05, 3.63) is 70.8 Å². The van der Waals surface area contributed by atoms with E-state index in [-0.39, 0.29) is 28.0 Å². The molecule has 1 aliphatic rings. The van der Waals surface area contributed by atoms with Gasteiger partial charge in [0.05, 0.1) is 10.5 Å². The summed E-state index contributed by atoms with van der Waals surface area (Å²) in [6, 6.07) is 13.6. The number of allylic oxidation sites excluding steroid dienone is 2. The first-order valence-electron chi connectivity index (χ1n) is 9.42. The number of rotatable bonds is 6. The van der Waals surface area contributed by atoms with Crippen LogP contribution >= 0.6 is 0 Å². The molecule has 0 N–H and O–H groups in total. The van der Waals surface area contributed by atoms with Crippen LogP contribution in [0.25, 0.3) is 5.57 Å². The maximum atomic E-state index is 13.2. The van der Waals surface area contributed by atoms with Crippen LogP contribution < -0.4 is 0 Å². The molecule has 0 saturated heterocycles. The molecule has 2 aromatic rings. The Kier molecular flexibility index (Phi) is 5.87. The number of nitrogens with zero attached hydrogens (tertiary/aromatic N) is 1. The molecule has 1 atom stereocenters. The predicted molar refractivity (Wildman–Crippen MR) is 114 cm³/mol. The molecule has 0 spiro atoms. The van der Waals surface area contributed by atoms with E-state index >= 15 is 0 Å². The van der Waals surface area contributed by atoms with E-state index in [9.17, 15) is 18.0 Å². The van der Waals surface area contributed by atoms with Gasteiger partial charge in [0.25, 0.3) is 0 Å². The zero-order valence-corrected chi connectivity index (χ0v) is 17.9. The lowest BCUT2D eigenvalue weighted by molar-refractivity contribution is -0.118. The van der Waals surface area contributed by atoms with E-state index in [4.69, 9.17) is 0 Å². The molecule has 3 rings (SSSR count). The zero-order valence-electron chi connectivity index (χ0n) is 17.1. The molecule has 1 unspecified atom stereocenters. The molecule has 29 heavy (non-hydrogen) atoms. The molecule has 0 fully saturated rings. The Balaban J connectivity index is 2.07. The van der Waals surface area contributed by atoms with E-state index in [1.165, 1.54) is 12.1 Å². The van der Waals surface area contributed by atoms with Crippen LogP contribution in [-0.2, 0) is 14.6 Å². The number of carbonyl (C=O) groups is 2. The van der Waals surface area contributed by atoms with Gasteiger partial charge in [-0.1, -0.05) is 42.0 Å². The fraction of sp³-hybridized carbons (Fsp3) is 0.304. The molecule has 1 aliphatic carbocycles. The molecule has 5 nitrogen and oxygen atoms in total. The van der Waals surface area contributed by atoms with Crippen molar-refractivity contribution in [3.63, 3.8) is 0 Å². The van der Waals surface area contributed by atoms with Crippen molar-refractivity contribution >= 4 is 27.0 Å². The van der Waals surface area contributed by atoms with Gasteiger partial charge < -0.3 is 4.90 Å². The second-order valence-corrected chi connectivity index (χ2v) is 9.89. The van der Waals surface area contributed by atoms with Crippen molar-refractivity contribution in [1.82, 2.24) is 4.90 Å². The molecule has 0 saturated carbocycles. The first-order chi connectivity index (χ1) is 13.6. The minimum absolute atomic E-state index is 0.147. The van der Waals surface area contributed by atoms with E-state index in [1.807, 2.05) is 38.1 Å². The topological polar surface area (TPSA) is 71.5 Å². The summed E-state index contributed by atoms with van der Waals surface area (Å²) in [5.74, 6) is -0.719. The van der Waals surface area contributed by atoms with Crippen LogP contribution in [-0.4, -0.2) is 51.8 Å². The van der Waals surface area contributed by atoms with Crippen LogP contribution in [0.5, 0.6) is 0 Å². The summed E-state index contributed by atoms with van der Waals surface area (Å²) in [6.07, 6.45) is 1.61. The Morgan fingerprint density at radius 1 is 1.03 bits per heavy atom. The van der Waals surface area contributed by atoms with E-state index in [1.54, 1.807) is 24.3 Å². The third-order valence-electron chi connectivity index (χ3n) is 5.13. The molecule has 0 heterocycles. The van der Waals surface area contributed by atoms with E-state index in [0.717, 1.165) is 11.8 Å². The Morgan fingerprint density at radius 2 is 1.62 bits per heavy atom. The minimum atomic E-state index is -3.31. The van der Waals surface area contributed by atoms with Crippen LogP contribution in [0.2, 0.25) is 0 Å². The smallest absolute Gasteiger partial charge is 0.196 e. The summed E-state index contributed by atoms with van der Waals surface area (Å²) in [7, 11) is 0.479. The van der Waals surface area contributed by atoms with Gasteiger partial charge in [0.2, 0.25) is 0 Å². The number of sulfone groups is 1. The molecular weight excluding hydrogens is 386 g/mol. The third kappa shape index (κ3) is 4.54. The van der Waals surface area contributed by atoms with Crippen LogP contribution in [0.15, 0.2) is 59.0 Å². The quantitative estimate of drug-likeness (QED) is 0.539. The van der Waals surface area contributed by atoms with Gasteiger partial charge in [0.15, 0.2) is 21.4 Å². The normalized spacial score (nSPS) is 17.3. The summed E-state index contributed by atoms with van der Waals surface area (Å²) in [5.41, 5.74) is 3.13. The van der Waals surface area contributed by atoms with Crippen molar-refractivity contribution in [2.75, 3.05) is 26.9 Å². The van der Waals surface area contributed by atoms with Crippen LogP contribution in [0, 0.1) is 12.8 Å². The fourth-order valence-corrected chi connectivity index (χ4v) is 4.28. The monoisotopic (exact) mass is 411 g/mol. The van der Waals surface area contributed by atoms with Gasteiger partial charge >= 0.3 is 0 Å². The maximum absolute atomic E-state index is 13.2. The first kappa shape index (κ1) is 21.1. The van der Waals surface area contributed by atoms with Crippen molar-refractivity contribution < 1.29 is 18.0 Å². The number of aryl methyl sites for hydroxylation is 1. The summed E-state index contributed by atoms with van der Waals surface area (Å²) >= 11 is 0. The van der Waals surface area contributed by atoms with Crippen LogP contribution in [0.3, 0.4) is 0 Å². The van der Waals surface area contributed by atoms with Crippen molar-refractivity contribution in [2.24, 2.45) is 5.92 Å². The highest BCUT2D eigenvalue weighted by Crippen LogP contribution is 2.37. The summed E-state index contributed by atoms with van der Waals surface area (Å²) in [5, 5.41) is 0. The highest BCUT2D eigenvalue weighted by molar-refractivity contribution is 7.90. The highest BCUT2D eigenvalue weighted by Gasteiger charge is 2.37. The van der Waals surface area contributed by atoms with E-state index in [2.05, 4.69) is 0 Å². The second kappa shape index (κ2) is 8.05. The molecule has 2 aromatic carbocycles. The van der Waals surface area contributed by atoms with Gasteiger partial charge in [-0.2, -0.15) is 0 Å². The van der Waals surface area contributed by atoms with Gasteiger partial charge in [-0.15, -0.1) is 0 Å². The minimum Gasteiger partial charge on any atom is -0.309 e. The van der Waals surface area contributed by atoms with E-state index in [0.29, 0.717) is 29.7 Å². The Hall–Kier alpha value is -2.57. The zero-order chi connectivity index (χ0) is 21.3. The molecular formula is C23H25NO4S. The molecule has 0 radical (unpaired) electrons. The number of carbonyl (C=O) groups excluding carboxylic acids is 2. The second-order valence-electron chi connectivity index (χ2n) is 7.87. The number of Topliss-reactive ketones (excluding diaryl/α,β-unsaturated/α-hetero) is 2. The summed E-state index contributed by atoms with van der Waals surface area (Å²) in [6.45, 7) is 2.49. The molecule has 152 valence electrons. The van der Waals surface area contributed by atoms with Crippen LogP contribution in [0.1, 0.15) is 27.9 Å². The molecule has 0 aliphatic heterocycles. The van der Waals surface area contributed by atoms with Gasteiger partial charge in [-0.05, 0) is 50.7 Å². The number of hydrogen-bond acceptors (Lipinski definition) is 5. The molecule has 6 heteroatoms. The number of benzene rings is 2. The standard InChI is InChI=1S/C23H25NO4S/c1-15-5-7-17(8-6-15)22(25)21-20(13-18(23(21)26)14-24(2)3)16-9-11-19(12-10-16)29(4,27)28/h5-12,18H,13-14H2,1-4H3. The predicted octanol–water partition coefficient (Wildman–Crippen LogP) is 3.19. The molecule has 0 amide bonds. The molecule has 0 aromatic heterocycles. The van der Waals surface area contributed by atoms with E-state index < -0.39 is 9.84 Å². The van der Waals surface area contributed by atoms with Gasteiger partial charge in [-0.3, -0.25) is 9.59 Å². The van der Waals surface area contributed by atoms with Gasteiger partial charge in [0.1, 0.15) is 0 Å². The lowest BCUT2D eigenvalue weighted by Gasteiger charge is -2.15. The summed E-state index contributed by atoms with van der Waals surface area (Å²) in [4.78, 5) is 28.5. The Labute approximate surface area is 172 Å². The lowest BCUT2D eigenvalue weighted by Crippen LogP contribution is -2.27. The average Bonchev–Trinajstić information content (AvgIpc) is 2.97.